The third-order valence-electron chi connectivity index (χ3n) is 3.57. The lowest BCUT2D eigenvalue weighted by atomic mass is 10.1. The number of nitrogens with one attached hydrogen (secondary N) is 1. The highest BCUT2D eigenvalue weighted by Gasteiger charge is 2.50. The smallest absolute Gasteiger partial charge is 0.311 e. The molecular weight excluding hydrogens is 246 g/mol. The summed E-state index contributed by atoms with van der Waals surface area (Å²) in [6.07, 6.45) is 4.49. The Kier molecular flexibility index (Phi) is 2.51. The number of carboxylic acids is 1. The minimum Gasteiger partial charge on any atom is -0.481 e. The van der Waals surface area contributed by atoms with Gasteiger partial charge in [-0.25, -0.2) is 4.52 Å². The van der Waals surface area contributed by atoms with E-state index < -0.39 is 11.4 Å². The lowest BCUT2D eigenvalue weighted by Gasteiger charge is -2.10. The maximum absolute atomic E-state index is 12.1. The Labute approximate surface area is 109 Å². The molecule has 98 valence electrons. The molecule has 0 unspecified atom stereocenters. The van der Waals surface area contributed by atoms with Gasteiger partial charge in [0, 0.05) is 12.7 Å². The molecule has 2 heterocycles. The van der Waals surface area contributed by atoms with Crippen LogP contribution in [0.2, 0.25) is 0 Å². The number of aromatic nitrogens is 2. The second kappa shape index (κ2) is 4.08. The summed E-state index contributed by atoms with van der Waals surface area (Å²) < 4.78 is 1.61. The van der Waals surface area contributed by atoms with Gasteiger partial charge in [-0.15, -0.1) is 0 Å². The van der Waals surface area contributed by atoms with Crippen molar-refractivity contribution in [2.24, 2.45) is 5.41 Å². The van der Waals surface area contributed by atoms with E-state index in [9.17, 15) is 9.59 Å². The van der Waals surface area contributed by atoms with E-state index in [0.717, 1.165) is 0 Å². The molecule has 1 saturated carbocycles. The topological polar surface area (TPSA) is 83.7 Å². The van der Waals surface area contributed by atoms with E-state index in [2.05, 4.69) is 10.4 Å². The summed E-state index contributed by atoms with van der Waals surface area (Å²) in [5, 5.41) is 15.8. The van der Waals surface area contributed by atoms with Crippen LogP contribution in [0.25, 0.3) is 5.52 Å². The fourth-order valence-corrected chi connectivity index (χ4v) is 2.07. The zero-order chi connectivity index (χ0) is 13.5. The van der Waals surface area contributed by atoms with Crippen molar-refractivity contribution in [1.29, 1.82) is 0 Å². The fraction of sp³-hybridized carbons (Fsp3) is 0.308. The van der Waals surface area contributed by atoms with Crippen LogP contribution >= 0.6 is 0 Å². The van der Waals surface area contributed by atoms with Gasteiger partial charge in [-0.1, -0.05) is 6.07 Å². The quantitative estimate of drug-likeness (QED) is 0.855. The Balaban J connectivity index is 1.76. The first-order chi connectivity index (χ1) is 9.12. The van der Waals surface area contributed by atoms with E-state index in [1.165, 1.54) is 6.20 Å². The third kappa shape index (κ3) is 1.95. The van der Waals surface area contributed by atoms with Crippen molar-refractivity contribution in [2.45, 2.75) is 12.8 Å². The highest BCUT2D eigenvalue weighted by Crippen LogP contribution is 2.45. The average Bonchev–Trinajstić information content (AvgIpc) is 3.09. The van der Waals surface area contributed by atoms with Crippen LogP contribution in [0, 0.1) is 5.41 Å². The number of hydrogen-bond acceptors (Lipinski definition) is 3. The third-order valence-corrected chi connectivity index (χ3v) is 3.57. The van der Waals surface area contributed by atoms with Crippen LogP contribution in [0.4, 0.5) is 0 Å². The highest BCUT2D eigenvalue weighted by molar-refractivity contribution is 6.00. The van der Waals surface area contributed by atoms with Crippen molar-refractivity contribution >= 4 is 17.4 Å². The summed E-state index contributed by atoms with van der Waals surface area (Å²) in [5.74, 6) is -1.12. The lowest BCUT2D eigenvalue weighted by molar-refractivity contribution is -0.143. The number of carbonyl (C=O) groups is 2. The number of fused-ring (bicyclic) bond motifs is 1. The summed E-state index contributed by atoms with van der Waals surface area (Å²) in [6.45, 7) is 0.172. The summed E-state index contributed by atoms with van der Waals surface area (Å²) in [6, 6.07) is 5.45. The molecule has 0 aromatic carbocycles. The van der Waals surface area contributed by atoms with Gasteiger partial charge >= 0.3 is 5.97 Å². The van der Waals surface area contributed by atoms with E-state index >= 15 is 0 Å². The number of rotatable bonds is 4. The Bertz CT molecular complexity index is 658. The Morgan fingerprint density at radius 2 is 2.21 bits per heavy atom. The molecule has 2 N–H and O–H groups in total. The maximum Gasteiger partial charge on any atom is 0.311 e. The highest BCUT2D eigenvalue weighted by atomic mass is 16.4. The number of nitrogens with zero attached hydrogens (tertiary/aromatic N) is 2. The summed E-state index contributed by atoms with van der Waals surface area (Å²) in [5.41, 5.74) is 0.417. The van der Waals surface area contributed by atoms with E-state index in [1.54, 1.807) is 16.8 Å². The first-order valence-corrected chi connectivity index (χ1v) is 6.06. The number of hydrogen-bond donors (Lipinski definition) is 2. The molecule has 2 aromatic heterocycles. The second-order valence-electron chi connectivity index (χ2n) is 4.86. The molecule has 0 aliphatic heterocycles. The van der Waals surface area contributed by atoms with Gasteiger partial charge in [-0.2, -0.15) is 5.10 Å². The van der Waals surface area contributed by atoms with Crippen LogP contribution in [-0.2, 0) is 4.79 Å². The molecule has 19 heavy (non-hydrogen) atoms. The molecule has 0 spiro atoms. The van der Waals surface area contributed by atoms with Crippen LogP contribution in [0.15, 0.2) is 30.6 Å². The van der Waals surface area contributed by atoms with Crippen molar-refractivity contribution in [1.82, 2.24) is 14.9 Å². The summed E-state index contributed by atoms with van der Waals surface area (Å²) >= 11 is 0. The minimum absolute atomic E-state index is 0.172. The molecule has 0 bridgehead atoms. The van der Waals surface area contributed by atoms with Crippen molar-refractivity contribution in [3.63, 3.8) is 0 Å². The average molecular weight is 259 g/mol. The van der Waals surface area contributed by atoms with Gasteiger partial charge in [-0.05, 0) is 25.0 Å². The van der Waals surface area contributed by atoms with E-state index in [1.807, 2.05) is 12.1 Å². The van der Waals surface area contributed by atoms with Crippen LogP contribution in [0.1, 0.15) is 23.2 Å². The number of pyridine rings is 1. The Morgan fingerprint density at radius 3 is 2.89 bits per heavy atom. The summed E-state index contributed by atoms with van der Waals surface area (Å²) in [4.78, 5) is 23.1. The molecule has 1 fully saturated rings. The number of carbonyl (C=O) groups excluding carboxylic acids is 1. The first-order valence-electron chi connectivity index (χ1n) is 6.06. The molecule has 2 aromatic rings. The molecule has 0 radical (unpaired) electrons. The van der Waals surface area contributed by atoms with Crippen LogP contribution in [0.5, 0.6) is 0 Å². The zero-order valence-corrected chi connectivity index (χ0v) is 10.2. The lowest BCUT2D eigenvalue weighted by Crippen LogP contribution is -2.34. The van der Waals surface area contributed by atoms with Crippen molar-refractivity contribution in [3.8, 4) is 0 Å². The van der Waals surface area contributed by atoms with E-state index in [4.69, 9.17) is 5.11 Å². The molecule has 3 rings (SSSR count). The Hall–Kier alpha value is -2.37. The zero-order valence-electron chi connectivity index (χ0n) is 10.2. The maximum atomic E-state index is 12.1. The summed E-state index contributed by atoms with van der Waals surface area (Å²) in [7, 11) is 0. The second-order valence-corrected chi connectivity index (χ2v) is 4.86. The molecule has 1 aliphatic rings. The van der Waals surface area contributed by atoms with Gasteiger partial charge in [0.15, 0.2) is 0 Å². The van der Waals surface area contributed by atoms with Gasteiger partial charge in [0.2, 0.25) is 0 Å². The standard InChI is InChI=1S/C13H13N3O3/c17-11(14-8-13(4-5-13)12(18)19)9-7-15-16-6-2-1-3-10(9)16/h1-3,6-7H,4-5,8H2,(H,14,17)(H,18,19). The normalized spacial score (nSPS) is 16.2. The fourth-order valence-electron chi connectivity index (χ4n) is 2.07. The molecule has 6 nitrogen and oxygen atoms in total. The monoisotopic (exact) mass is 259 g/mol. The molecule has 0 atom stereocenters. The molecular formula is C13H13N3O3. The molecule has 1 aliphatic carbocycles. The van der Waals surface area contributed by atoms with Crippen molar-refractivity contribution in [3.05, 3.63) is 36.2 Å². The minimum atomic E-state index is -0.840. The van der Waals surface area contributed by atoms with Gasteiger partial charge in [0.25, 0.3) is 5.91 Å². The van der Waals surface area contributed by atoms with Gasteiger partial charge < -0.3 is 10.4 Å². The Morgan fingerprint density at radius 1 is 1.42 bits per heavy atom. The van der Waals surface area contributed by atoms with E-state index in [0.29, 0.717) is 23.9 Å². The predicted octanol–water partition coefficient (Wildman–Crippen LogP) is 0.929. The molecule has 0 saturated heterocycles. The largest absolute Gasteiger partial charge is 0.481 e. The van der Waals surface area contributed by atoms with Crippen molar-refractivity contribution < 1.29 is 14.7 Å². The van der Waals surface area contributed by atoms with Gasteiger partial charge in [0.1, 0.15) is 0 Å². The van der Waals surface area contributed by atoms with Crippen LogP contribution in [-0.4, -0.2) is 33.1 Å². The van der Waals surface area contributed by atoms with Gasteiger partial charge in [-0.3, -0.25) is 9.59 Å². The first kappa shape index (κ1) is 11.7. The van der Waals surface area contributed by atoms with Crippen LogP contribution in [0.3, 0.4) is 0 Å². The SMILES string of the molecule is O=C(NCC1(C(=O)O)CC1)c1cnn2ccccc12. The number of carboxylic acid groups (broad SMARTS) is 1. The van der Waals surface area contributed by atoms with Gasteiger partial charge in [0.05, 0.1) is 22.7 Å². The number of aliphatic carboxylic acids is 1. The molecule has 1 amide bonds. The van der Waals surface area contributed by atoms with Crippen LogP contribution < -0.4 is 5.32 Å². The molecule has 6 heteroatoms. The van der Waals surface area contributed by atoms with Crippen molar-refractivity contribution in [2.75, 3.05) is 6.54 Å². The number of amides is 1. The van der Waals surface area contributed by atoms with E-state index in [-0.39, 0.29) is 12.5 Å². The predicted molar refractivity (Wildman–Crippen MR) is 66.8 cm³/mol.